The Kier molecular flexibility index (Phi) is 5.52. The molecular formula is C18H19FN2O3. The van der Waals surface area contributed by atoms with E-state index < -0.39 is 5.82 Å². The highest BCUT2D eigenvalue weighted by molar-refractivity contribution is 6.06. The molecule has 5 nitrogen and oxygen atoms in total. The van der Waals surface area contributed by atoms with Gasteiger partial charge < -0.3 is 15.4 Å². The molecule has 0 saturated carbocycles. The van der Waals surface area contributed by atoms with Crippen molar-refractivity contribution in [1.29, 1.82) is 0 Å². The number of halogens is 1. The lowest BCUT2D eigenvalue weighted by Crippen LogP contribution is -2.14. The van der Waals surface area contributed by atoms with Crippen molar-refractivity contribution < 1.29 is 18.7 Å². The molecule has 126 valence electrons. The van der Waals surface area contributed by atoms with Crippen LogP contribution in [0.2, 0.25) is 0 Å². The quantitative estimate of drug-likeness (QED) is 0.877. The number of hydrogen-bond donors (Lipinski definition) is 2. The average Bonchev–Trinajstić information content (AvgIpc) is 2.52. The number of carbonyl (C=O) groups is 2. The van der Waals surface area contributed by atoms with E-state index in [4.69, 9.17) is 4.74 Å². The summed E-state index contributed by atoms with van der Waals surface area (Å²) >= 11 is 0. The van der Waals surface area contributed by atoms with Crippen molar-refractivity contribution in [3.8, 4) is 5.75 Å². The van der Waals surface area contributed by atoms with Crippen molar-refractivity contribution in [3.05, 3.63) is 53.3 Å². The Hall–Kier alpha value is -2.89. The number of carbonyl (C=O) groups excluding carboxylic acids is 2. The fraction of sp³-hybridized carbons (Fsp3) is 0.222. The van der Waals surface area contributed by atoms with Gasteiger partial charge in [0.15, 0.2) is 0 Å². The van der Waals surface area contributed by atoms with Crippen LogP contribution in [-0.4, -0.2) is 18.4 Å². The molecule has 0 aliphatic heterocycles. The first-order valence-electron chi connectivity index (χ1n) is 7.52. The molecule has 2 N–H and O–H groups in total. The van der Waals surface area contributed by atoms with Gasteiger partial charge in [-0.25, -0.2) is 4.39 Å². The molecular weight excluding hydrogens is 311 g/mol. The van der Waals surface area contributed by atoms with E-state index in [9.17, 15) is 14.0 Å². The van der Waals surface area contributed by atoms with Crippen molar-refractivity contribution in [2.45, 2.75) is 20.8 Å². The maximum atomic E-state index is 13.3. The highest BCUT2D eigenvalue weighted by atomic mass is 19.1. The first-order chi connectivity index (χ1) is 11.4. The van der Waals surface area contributed by atoms with Crippen LogP contribution in [0.15, 0.2) is 36.4 Å². The maximum Gasteiger partial charge on any atom is 0.255 e. The zero-order chi connectivity index (χ0) is 17.7. The van der Waals surface area contributed by atoms with Crippen LogP contribution in [0.4, 0.5) is 15.8 Å². The van der Waals surface area contributed by atoms with Gasteiger partial charge in [0.1, 0.15) is 11.6 Å². The summed E-state index contributed by atoms with van der Waals surface area (Å²) in [4.78, 5) is 23.7. The zero-order valence-electron chi connectivity index (χ0n) is 13.8. The normalized spacial score (nSPS) is 10.2. The van der Waals surface area contributed by atoms with Crippen LogP contribution in [0.3, 0.4) is 0 Å². The molecule has 0 heterocycles. The van der Waals surface area contributed by atoms with Crippen LogP contribution in [0, 0.1) is 12.7 Å². The highest BCUT2D eigenvalue weighted by Gasteiger charge is 2.12. The van der Waals surface area contributed by atoms with Crippen LogP contribution in [0.25, 0.3) is 0 Å². The minimum Gasteiger partial charge on any atom is -0.492 e. The molecule has 2 aromatic carbocycles. The van der Waals surface area contributed by atoms with Gasteiger partial charge in [-0.3, -0.25) is 9.59 Å². The van der Waals surface area contributed by atoms with E-state index >= 15 is 0 Å². The molecule has 0 aromatic heterocycles. The molecule has 0 aliphatic carbocycles. The van der Waals surface area contributed by atoms with E-state index in [1.807, 2.05) is 6.92 Å². The summed E-state index contributed by atoms with van der Waals surface area (Å²) in [5, 5.41) is 5.37. The summed E-state index contributed by atoms with van der Waals surface area (Å²) in [5.41, 5.74) is 2.17. The molecule has 2 aromatic rings. The number of nitrogens with one attached hydrogen (secondary N) is 2. The fourth-order valence-electron chi connectivity index (χ4n) is 2.16. The maximum absolute atomic E-state index is 13.3. The van der Waals surface area contributed by atoms with E-state index in [1.165, 1.54) is 25.1 Å². The molecule has 0 radical (unpaired) electrons. The van der Waals surface area contributed by atoms with Crippen molar-refractivity contribution >= 4 is 23.2 Å². The molecule has 0 spiro atoms. The van der Waals surface area contributed by atoms with E-state index in [0.29, 0.717) is 23.5 Å². The van der Waals surface area contributed by atoms with Crippen molar-refractivity contribution in [3.63, 3.8) is 0 Å². The predicted molar refractivity (Wildman–Crippen MR) is 91.0 cm³/mol. The predicted octanol–water partition coefficient (Wildman–Crippen LogP) is 3.74. The second-order valence-electron chi connectivity index (χ2n) is 5.24. The molecule has 2 rings (SSSR count). The number of benzene rings is 2. The van der Waals surface area contributed by atoms with E-state index in [0.717, 1.165) is 5.56 Å². The van der Waals surface area contributed by atoms with E-state index in [-0.39, 0.29) is 17.6 Å². The minimum absolute atomic E-state index is 0.215. The lowest BCUT2D eigenvalue weighted by atomic mass is 10.1. The Morgan fingerprint density at radius 3 is 2.50 bits per heavy atom. The Morgan fingerprint density at radius 2 is 1.83 bits per heavy atom. The fourth-order valence-corrected chi connectivity index (χ4v) is 2.16. The third kappa shape index (κ3) is 4.32. The zero-order valence-corrected chi connectivity index (χ0v) is 13.8. The summed E-state index contributed by atoms with van der Waals surface area (Å²) in [5.74, 6) is -0.776. The van der Waals surface area contributed by atoms with Crippen LogP contribution < -0.4 is 15.4 Å². The highest BCUT2D eigenvalue weighted by Crippen LogP contribution is 2.26. The standard InChI is InChI=1S/C18H19FN2O3/c1-4-24-17-10-14(19)7-8-15(17)21-18(23)13-6-5-11(2)16(9-13)20-12(3)22/h5-10H,4H2,1-3H3,(H,20,22)(H,21,23). The number of anilines is 2. The molecule has 24 heavy (non-hydrogen) atoms. The Morgan fingerprint density at radius 1 is 1.08 bits per heavy atom. The van der Waals surface area contributed by atoms with E-state index in [2.05, 4.69) is 10.6 Å². The van der Waals surface area contributed by atoms with Gasteiger partial charge in [-0.1, -0.05) is 6.07 Å². The van der Waals surface area contributed by atoms with Gasteiger partial charge in [0, 0.05) is 24.2 Å². The molecule has 0 atom stereocenters. The van der Waals surface area contributed by atoms with Gasteiger partial charge in [-0.2, -0.15) is 0 Å². The van der Waals surface area contributed by atoms with Gasteiger partial charge in [0.25, 0.3) is 5.91 Å². The molecule has 0 saturated heterocycles. The van der Waals surface area contributed by atoms with Gasteiger partial charge in [-0.05, 0) is 43.7 Å². The Balaban J connectivity index is 2.25. The van der Waals surface area contributed by atoms with Crippen LogP contribution in [-0.2, 0) is 4.79 Å². The van der Waals surface area contributed by atoms with Crippen molar-refractivity contribution in [1.82, 2.24) is 0 Å². The summed E-state index contributed by atoms with van der Waals surface area (Å²) in [6, 6.07) is 8.90. The van der Waals surface area contributed by atoms with Crippen molar-refractivity contribution in [2.24, 2.45) is 0 Å². The molecule has 0 unspecified atom stereocenters. The molecule has 0 bridgehead atoms. The summed E-state index contributed by atoms with van der Waals surface area (Å²) in [7, 11) is 0. The van der Waals surface area contributed by atoms with E-state index in [1.54, 1.807) is 25.1 Å². The lowest BCUT2D eigenvalue weighted by molar-refractivity contribution is -0.114. The SMILES string of the molecule is CCOc1cc(F)ccc1NC(=O)c1ccc(C)c(NC(C)=O)c1. The first kappa shape index (κ1) is 17.5. The topological polar surface area (TPSA) is 67.4 Å². The minimum atomic E-state index is -0.445. The number of amides is 2. The summed E-state index contributed by atoms with van der Waals surface area (Å²) < 4.78 is 18.7. The summed E-state index contributed by atoms with van der Waals surface area (Å²) in [6.07, 6.45) is 0. The molecule has 6 heteroatoms. The summed E-state index contributed by atoms with van der Waals surface area (Å²) in [6.45, 7) is 5.36. The molecule has 0 aliphatic rings. The second kappa shape index (κ2) is 7.59. The third-order valence-corrected chi connectivity index (χ3v) is 3.30. The van der Waals surface area contributed by atoms with Crippen LogP contribution in [0.5, 0.6) is 5.75 Å². The molecule has 0 fully saturated rings. The number of rotatable bonds is 5. The Bertz CT molecular complexity index is 775. The number of hydrogen-bond acceptors (Lipinski definition) is 3. The smallest absolute Gasteiger partial charge is 0.255 e. The van der Waals surface area contributed by atoms with Gasteiger partial charge >= 0.3 is 0 Å². The monoisotopic (exact) mass is 330 g/mol. The Labute approximate surface area is 139 Å². The number of aryl methyl sites for hydroxylation is 1. The number of ether oxygens (including phenoxy) is 1. The molecule has 2 amide bonds. The first-order valence-corrected chi connectivity index (χ1v) is 7.52. The van der Waals surface area contributed by atoms with Crippen LogP contribution >= 0.6 is 0 Å². The lowest BCUT2D eigenvalue weighted by Gasteiger charge is -2.13. The van der Waals surface area contributed by atoms with Crippen LogP contribution in [0.1, 0.15) is 29.8 Å². The largest absolute Gasteiger partial charge is 0.492 e. The van der Waals surface area contributed by atoms with Gasteiger partial charge in [0.2, 0.25) is 5.91 Å². The average molecular weight is 330 g/mol. The van der Waals surface area contributed by atoms with Gasteiger partial charge in [-0.15, -0.1) is 0 Å². The van der Waals surface area contributed by atoms with Crippen molar-refractivity contribution in [2.75, 3.05) is 17.2 Å². The van der Waals surface area contributed by atoms with Gasteiger partial charge in [0.05, 0.1) is 12.3 Å². The second-order valence-corrected chi connectivity index (χ2v) is 5.24. The third-order valence-electron chi connectivity index (χ3n) is 3.30.